The monoisotopic (exact) mass is 940 g/mol. The summed E-state index contributed by atoms with van der Waals surface area (Å²) < 4.78 is 4.81. The first-order chi connectivity index (χ1) is 36.7. The topological polar surface area (TPSA) is 9.86 Å². The van der Waals surface area contributed by atoms with E-state index >= 15 is 0 Å². The minimum absolute atomic E-state index is 1.14. The largest absolute Gasteiger partial charge is 0.309 e. The molecule has 0 spiro atoms. The van der Waals surface area contributed by atoms with Gasteiger partial charge in [0.15, 0.2) is 0 Å². The molecule has 0 amide bonds. The normalized spacial score (nSPS) is 11.5. The van der Waals surface area contributed by atoms with Crippen LogP contribution in [0.5, 0.6) is 0 Å². The molecule has 0 fully saturated rings. The van der Waals surface area contributed by atoms with Crippen molar-refractivity contribution in [1.82, 2.24) is 9.13 Å². The Morgan fingerprint density at radius 2 is 0.392 bits per heavy atom. The van der Waals surface area contributed by atoms with Gasteiger partial charge in [-0.15, -0.1) is 0 Å². The Morgan fingerprint density at radius 1 is 0.149 bits per heavy atom. The second kappa shape index (κ2) is 18.1. The Morgan fingerprint density at radius 3 is 0.784 bits per heavy atom. The van der Waals surface area contributed by atoms with Gasteiger partial charge < -0.3 is 9.13 Å². The number of hydrogen-bond donors (Lipinski definition) is 0. The van der Waals surface area contributed by atoms with Crippen LogP contribution in [0.4, 0.5) is 0 Å². The van der Waals surface area contributed by atoms with Gasteiger partial charge in [-0.2, -0.15) is 0 Å². The fourth-order valence-corrected chi connectivity index (χ4v) is 11.2. The van der Waals surface area contributed by atoms with Gasteiger partial charge in [-0.1, -0.05) is 212 Å². The molecule has 0 unspecified atom stereocenters. The van der Waals surface area contributed by atoms with Crippen LogP contribution in [0.3, 0.4) is 0 Å². The van der Waals surface area contributed by atoms with E-state index in [4.69, 9.17) is 0 Å². The maximum atomic E-state index is 2.41. The van der Waals surface area contributed by atoms with E-state index in [1.807, 2.05) is 0 Å². The van der Waals surface area contributed by atoms with E-state index in [-0.39, 0.29) is 0 Å². The Bertz CT molecular complexity index is 4370. The van der Waals surface area contributed by atoms with Crippen LogP contribution in [0, 0.1) is 0 Å². The number of rotatable bonds is 9. The fourth-order valence-electron chi connectivity index (χ4n) is 11.2. The molecule has 0 aliphatic carbocycles. The number of nitrogens with zero attached hydrogens (tertiary/aromatic N) is 2. The maximum Gasteiger partial charge on any atom is 0.0541 e. The quantitative estimate of drug-likeness (QED) is 0.136. The lowest BCUT2D eigenvalue weighted by atomic mass is 9.94. The van der Waals surface area contributed by atoms with Gasteiger partial charge in [0.1, 0.15) is 0 Å². The van der Waals surface area contributed by atoms with Gasteiger partial charge in [-0.3, -0.25) is 0 Å². The Labute approximate surface area is 431 Å². The second-order valence-electron chi connectivity index (χ2n) is 19.3. The van der Waals surface area contributed by atoms with Gasteiger partial charge in [-0.25, -0.2) is 0 Å². The van der Waals surface area contributed by atoms with E-state index in [0.717, 1.165) is 11.4 Å². The molecule has 0 bridgehead atoms. The lowest BCUT2D eigenvalue weighted by Gasteiger charge is -2.11. The summed E-state index contributed by atoms with van der Waals surface area (Å²) in [5.74, 6) is 0. The molecule has 14 aromatic rings. The Hall–Kier alpha value is -9.76. The summed E-state index contributed by atoms with van der Waals surface area (Å²) in [7, 11) is 0. The highest BCUT2D eigenvalue weighted by molar-refractivity contribution is 6.12. The zero-order valence-corrected chi connectivity index (χ0v) is 40.6. The van der Waals surface area contributed by atoms with Crippen LogP contribution >= 0.6 is 0 Å². The molecule has 0 aliphatic heterocycles. The summed E-state index contributed by atoms with van der Waals surface area (Å²) in [5.41, 5.74) is 24.0. The van der Waals surface area contributed by atoms with Crippen molar-refractivity contribution in [1.29, 1.82) is 0 Å². The minimum atomic E-state index is 1.14. The van der Waals surface area contributed by atoms with Gasteiger partial charge in [0.2, 0.25) is 0 Å². The summed E-state index contributed by atoms with van der Waals surface area (Å²) >= 11 is 0. The third-order valence-corrected chi connectivity index (χ3v) is 14.9. The third-order valence-electron chi connectivity index (χ3n) is 14.9. The standard InChI is InChI=1S/C72H48N2/c1-3-14-49(15-4-1)52-32-38-63(39-33-52)73-69-26-9-7-24-65(69)67-47-61(36-42-71(67)73)62-37-43-72-68(48-62)66-25-8-10-27-70(66)74(72)64-40-34-53(35-41-64)51-28-30-54(31-29-51)56-19-12-21-58(45-56)60-23-13-22-59(46-60)57-20-11-18-55(44-57)50-16-5-2-6-17-50/h1-48H. The third kappa shape index (κ3) is 7.69. The Kier molecular flexibility index (Phi) is 10.6. The van der Waals surface area contributed by atoms with Gasteiger partial charge in [0.05, 0.1) is 22.1 Å². The minimum Gasteiger partial charge on any atom is -0.309 e. The van der Waals surface area contributed by atoms with Crippen LogP contribution in [0.1, 0.15) is 0 Å². The summed E-state index contributed by atoms with van der Waals surface area (Å²) in [6.07, 6.45) is 0. The fraction of sp³-hybridized carbons (Fsp3) is 0. The first-order valence-electron chi connectivity index (χ1n) is 25.5. The molecule has 0 N–H and O–H groups in total. The van der Waals surface area contributed by atoms with Gasteiger partial charge in [0.25, 0.3) is 0 Å². The lowest BCUT2D eigenvalue weighted by molar-refractivity contribution is 1.18. The molecule has 14 rings (SSSR count). The van der Waals surface area contributed by atoms with Crippen LogP contribution in [0.25, 0.3) is 133 Å². The average molecular weight is 941 g/mol. The van der Waals surface area contributed by atoms with E-state index in [0.29, 0.717) is 0 Å². The zero-order valence-electron chi connectivity index (χ0n) is 40.6. The number of benzene rings is 12. The van der Waals surface area contributed by atoms with Crippen molar-refractivity contribution >= 4 is 43.6 Å². The summed E-state index contributed by atoms with van der Waals surface area (Å²) in [6.45, 7) is 0. The highest BCUT2D eigenvalue weighted by Gasteiger charge is 2.17. The molecule has 74 heavy (non-hydrogen) atoms. The molecule has 0 radical (unpaired) electrons. The summed E-state index contributed by atoms with van der Waals surface area (Å²) in [6, 6.07) is 106. The van der Waals surface area contributed by atoms with Crippen molar-refractivity contribution in [2.24, 2.45) is 0 Å². The Balaban J connectivity index is 0.737. The van der Waals surface area contributed by atoms with Crippen molar-refractivity contribution in [3.63, 3.8) is 0 Å². The van der Waals surface area contributed by atoms with E-state index < -0.39 is 0 Å². The van der Waals surface area contributed by atoms with Crippen LogP contribution in [0.15, 0.2) is 291 Å². The van der Waals surface area contributed by atoms with Crippen molar-refractivity contribution in [3.8, 4) is 89.3 Å². The second-order valence-corrected chi connectivity index (χ2v) is 19.3. The van der Waals surface area contributed by atoms with Crippen molar-refractivity contribution < 1.29 is 0 Å². The number of aromatic nitrogens is 2. The van der Waals surface area contributed by atoms with Crippen molar-refractivity contribution in [2.75, 3.05) is 0 Å². The molecular weight excluding hydrogens is 893 g/mol. The number of fused-ring (bicyclic) bond motifs is 6. The van der Waals surface area contributed by atoms with Crippen molar-refractivity contribution in [3.05, 3.63) is 291 Å². The molecule has 0 saturated heterocycles. The SMILES string of the molecule is c1ccc(-c2ccc(-n3c4ccccc4c4cc(-c5ccc6c(c5)c5ccccc5n6-c5ccc(-c6ccc(-c7cccc(-c8cccc(-c9cccc(-c%10ccccc%10)c9)c8)c7)cc6)cc5)ccc43)cc2)cc1. The first kappa shape index (κ1) is 43.1. The molecule has 2 heterocycles. The predicted octanol–water partition coefficient (Wildman–Crippen LogP) is 19.5. The molecule has 2 aromatic heterocycles. The highest BCUT2D eigenvalue weighted by atomic mass is 15.0. The molecule has 12 aromatic carbocycles. The molecule has 0 saturated carbocycles. The molecule has 0 aliphatic rings. The van der Waals surface area contributed by atoms with Crippen molar-refractivity contribution in [2.45, 2.75) is 0 Å². The van der Waals surface area contributed by atoms with Crippen LogP contribution < -0.4 is 0 Å². The predicted molar refractivity (Wildman–Crippen MR) is 313 cm³/mol. The maximum absolute atomic E-state index is 2.41. The smallest absolute Gasteiger partial charge is 0.0541 e. The molecule has 346 valence electrons. The van der Waals surface area contributed by atoms with Gasteiger partial charge in [0, 0.05) is 32.9 Å². The summed E-state index contributed by atoms with van der Waals surface area (Å²) in [4.78, 5) is 0. The average Bonchev–Trinajstić information content (AvgIpc) is 4.01. The van der Waals surface area contributed by atoms with E-state index in [1.54, 1.807) is 0 Å². The molecule has 2 nitrogen and oxygen atoms in total. The van der Waals surface area contributed by atoms with E-state index in [2.05, 4.69) is 300 Å². The number of para-hydroxylation sites is 2. The van der Waals surface area contributed by atoms with Crippen LogP contribution in [-0.4, -0.2) is 9.13 Å². The van der Waals surface area contributed by atoms with Crippen LogP contribution in [-0.2, 0) is 0 Å². The number of hydrogen-bond acceptors (Lipinski definition) is 0. The summed E-state index contributed by atoms with van der Waals surface area (Å²) in [5, 5.41) is 4.98. The van der Waals surface area contributed by atoms with Gasteiger partial charge >= 0.3 is 0 Å². The first-order valence-corrected chi connectivity index (χ1v) is 25.5. The molecule has 2 heteroatoms. The van der Waals surface area contributed by atoms with Crippen LogP contribution in [0.2, 0.25) is 0 Å². The highest BCUT2D eigenvalue weighted by Crippen LogP contribution is 2.40. The van der Waals surface area contributed by atoms with E-state index in [9.17, 15) is 0 Å². The lowest BCUT2D eigenvalue weighted by Crippen LogP contribution is -1.94. The van der Waals surface area contributed by atoms with Gasteiger partial charge in [-0.05, 0) is 157 Å². The molecule has 0 atom stereocenters. The van der Waals surface area contributed by atoms with E-state index in [1.165, 1.54) is 122 Å². The zero-order chi connectivity index (χ0) is 49.0. The molecular formula is C72H48N2.